The van der Waals surface area contributed by atoms with E-state index in [-0.39, 0.29) is 11.8 Å². The van der Waals surface area contributed by atoms with E-state index in [1.54, 1.807) is 26.0 Å². The summed E-state index contributed by atoms with van der Waals surface area (Å²) in [6, 6.07) is 7.71. The molecule has 1 saturated carbocycles. The van der Waals surface area contributed by atoms with Gasteiger partial charge in [-0.1, -0.05) is 31.4 Å². The second kappa shape index (κ2) is 9.72. The Hall–Kier alpha value is -1.88. The number of aryl methyl sites for hydroxylation is 1. The molecule has 0 aromatic heterocycles. The maximum Gasteiger partial charge on any atom is 0.251 e. The fraction of sp³-hybridized carbons (Fsp3) is 0.619. The van der Waals surface area contributed by atoms with E-state index in [2.05, 4.69) is 10.6 Å². The summed E-state index contributed by atoms with van der Waals surface area (Å²) >= 11 is 0. The highest BCUT2D eigenvalue weighted by Gasteiger charge is 2.16. The van der Waals surface area contributed by atoms with Crippen molar-refractivity contribution in [1.82, 2.24) is 10.6 Å². The summed E-state index contributed by atoms with van der Waals surface area (Å²) < 4.78 is 0. The van der Waals surface area contributed by atoms with E-state index in [9.17, 15) is 14.7 Å². The van der Waals surface area contributed by atoms with Crippen molar-refractivity contribution in [2.75, 3.05) is 6.54 Å². The Morgan fingerprint density at radius 3 is 2.38 bits per heavy atom. The van der Waals surface area contributed by atoms with Gasteiger partial charge in [0.2, 0.25) is 5.91 Å². The third-order valence-corrected chi connectivity index (χ3v) is 4.85. The maximum atomic E-state index is 12.2. The summed E-state index contributed by atoms with van der Waals surface area (Å²) in [5, 5.41) is 15.6. The summed E-state index contributed by atoms with van der Waals surface area (Å²) in [7, 11) is 0. The number of benzene rings is 1. The number of carbonyl (C=O) groups is 2. The minimum Gasteiger partial charge on any atom is -0.390 e. The molecule has 3 N–H and O–H groups in total. The smallest absolute Gasteiger partial charge is 0.251 e. The van der Waals surface area contributed by atoms with Crippen LogP contribution in [0.4, 0.5) is 0 Å². The zero-order chi connectivity index (χ0) is 19.0. The molecule has 0 unspecified atom stereocenters. The molecule has 0 spiro atoms. The average Bonchev–Trinajstić information content (AvgIpc) is 2.60. The van der Waals surface area contributed by atoms with Gasteiger partial charge in [0, 0.05) is 24.6 Å². The second-order valence-electron chi connectivity index (χ2n) is 7.92. The van der Waals surface area contributed by atoms with Crippen LogP contribution >= 0.6 is 0 Å². The molecule has 2 amide bonds. The molecule has 2 rings (SSSR count). The lowest BCUT2D eigenvalue weighted by Gasteiger charge is -2.22. The van der Waals surface area contributed by atoms with Crippen LogP contribution < -0.4 is 10.6 Å². The van der Waals surface area contributed by atoms with Crippen molar-refractivity contribution in [3.63, 3.8) is 0 Å². The molecule has 26 heavy (non-hydrogen) atoms. The number of amides is 2. The van der Waals surface area contributed by atoms with E-state index in [0.717, 1.165) is 24.8 Å². The lowest BCUT2D eigenvalue weighted by molar-refractivity contribution is -0.121. The van der Waals surface area contributed by atoms with Crippen LogP contribution in [0.1, 0.15) is 74.7 Å². The summed E-state index contributed by atoms with van der Waals surface area (Å²) in [4.78, 5) is 24.1. The predicted octanol–water partition coefficient (Wildman–Crippen LogP) is 2.96. The van der Waals surface area contributed by atoms with Gasteiger partial charge in [0.05, 0.1) is 5.60 Å². The zero-order valence-corrected chi connectivity index (χ0v) is 16.0. The summed E-state index contributed by atoms with van der Waals surface area (Å²) in [6.45, 7) is 3.93. The quantitative estimate of drug-likeness (QED) is 0.667. The second-order valence-corrected chi connectivity index (χ2v) is 7.92. The van der Waals surface area contributed by atoms with Gasteiger partial charge in [-0.2, -0.15) is 0 Å². The number of aliphatic hydroxyl groups is 1. The molecule has 1 aliphatic carbocycles. The summed E-state index contributed by atoms with van der Waals surface area (Å²) in [5.74, 6) is -0.149. The minimum absolute atomic E-state index is 0.0131. The number of nitrogens with one attached hydrogen (secondary N) is 2. The molecular formula is C21H32N2O3. The number of carbonyl (C=O) groups excluding carboxylic acids is 2. The van der Waals surface area contributed by atoms with Gasteiger partial charge in [0.25, 0.3) is 5.91 Å². The molecule has 0 radical (unpaired) electrons. The molecule has 0 saturated heterocycles. The Bertz CT molecular complexity index is 584. The van der Waals surface area contributed by atoms with Gasteiger partial charge < -0.3 is 15.7 Å². The fourth-order valence-electron chi connectivity index (χ4n) is 3.21. The highest BCUT2D eigenvalue weighted by Crippen LogP contribution is 2.17. The summed E-state index contributed by atoms with van der Waals surface area (Å²) in [6.07, 6.45) is 7.53. The van der Waals surface area contributed by atoms with Gasteiger partial charge in [0.15, 0.2) is 0 Å². The van der Waals surface area contributed by atoms with E-state index >= 15 is 0 Å². The van der Waals surface area contributed by atoms with Gasteiger partial charge in [0.1, 0.15) is 0 Å². The molecule has 1 fully saturated rings. The van der Waals surface area contributed by atoms with Crippen molar-refractivity contribution < 1.29 is 14.7 Å². The normalized spacial score (nSPS) is 15.5. The van der Waals surface area contributed by atoms with E-state index in [4.69, 9.17) is 0 Å². The van der Waals surface area contributed by atoms with Crippen LogP contribution in [0.2, 0.25) is 0 Å². The average molecular weight is 360 g/mol. The van der Waals surface area contributed by atoms with Crippen LogP contribution in [0.5, 0.6) is 0 Å². The molecule has 0 aliphatic heterocycles. The maximum absolute atomic E-state index is 12.2. The van der Waals surface area contributed by atoms with Crippen molar-refractivity contribution in [1.29, 1.82) is 0 Å². The van der Waals surface area contributed by atoms with Crippen molar-refractivity contribution in [3.05, 3.63) is 35.4 Å². The molecular weight excluding hydrogens is 328 g/mol. The highest BCUT2D eigenvalue weighted by molar-refractivity contribution is 5.94. The van der Waals surface area contributed by atoms with Gasteiger partial charge in [-0.15, -0.1) is 0 Å². The first-order valence-electron chi connectivity index (χ1n) is 9.72. The molecule has 0 bridgehead atoms. The first-order chi connectivity index (χ1) is 12.3. The van der Waals surface area contributed by atoms with Crippen molar-refractivity contribution in [2.24, 2.45) is 0 Å². The molecule has 1 aromatic carbocycles. The SMILES string of the molecule is CC(C)(O)CCc1ccc(C(=O)NCCC(=O)NC2CCCCC2)cc1. The predicted molar refractivity (Wildman–Crippen MR) is 103 cm³/mol. The van der Waals surface area contributed by atoms with Gasteiger partial charge in [-0.05, 0) is 57.2 Å². The Labute approximate surface area is 156 Å². The van der Waals surface area contributed by atoms with Crippen LogP contribution in [-0.4, -0.2) is 35.1 Å². The molecule has 0 atom stereocenters. The van der Waals surface area contributed by atoms with Crippen LogP contribution in [-0.2, 0) is 11.2 Å². The van der Waals surface area contributed by atoms with Crippen molar-refractivity contribution in [2.45, 2.75) is 76.9 Å². The Kier molecular flexibility index (Phi) is 7.64. The van der Waals surface area contributed by atoms with Crippen LogP contribution in [0.3, 0.4) is 0 Å². The van der Waals surface area contributed by atoms with E-state index in [1.807, 2.05) is 12.1 Å². The standard InChI is InChI=1S/C21H32N2O3/c1-21(2,26)14-12-16-8-10-17(11-9-16)20(25)22-15-13-19(24)23-18-6-4-3-5-7-18/h8-11,18,26H,3-7,12-15H2,1-2H3,(H,22,25)(H,23,24). The van der Waals surface area contributed by atoms with Crippen LogP contribution in [0, 0.1) is 0 Å². The number of hydrogen-bond donors (Lipinski definition) is 3. The topological polar surface area (TPSA) is 78.4 Å². The third-order valence-electron chi connectivity index (χ3n) is 4.85. The summed E-state index contributed by atoms with van der Waals surface area (Å²) in [5.41, 5.74) is 0.995. The Morgan fingerprint density at radius 2 is 1.77 bits per heavy atom. The molecule has 1 aliphatic rings. The molecule has 5 heteroatoms. The third kappa shape index (κ3) is 7.56. The Morgan fingerprint density at radius 1 is 1.12 bits per heavy atom. The molecule has 144 valence electrons. The lowest BCUT2D eigenvalue weighted by Crippen LogP contribution is -2.38. The molecule has 0 heterocycles. The van der Waals surface area contributed by atoms with Crippen LogP contribution in [0.25, 0.3) is 0 Å². The highest BCUT2D eigenvalue weighted by atomic mass is 16.3. The van der Waals surface area contributed by atoms with Crippen molar-refractivity contribution in [3.8, 4) is 0 Å². The van der Waals surface area contributed by atoms with Gasteiger partial charge >= 0.3 is 0 Å². The number of hydrogen-bond acceptors (Lipinski definition) is 3. The van der Waals surface area contributed by atoms with Crippen molar-refractivity contribution >= 4 is 11.8 Å². The first-order valence-corrected chi connectivity index (χ1v) is 9.72. The van der Waals surface area contributed by atoms with Crippen LogP contribution in [0.15, 0.2) is 24.3 Å². The molecule has 5 nitrogen and oxygen atoms in total. The Balaban J connectivity index is 1.69. The largest absolute Gasteiger partial charge is 0.390 e. The van der Waals surface area contributed by atoms with E-state index in [1.165, 1.54) is 19.3 Å². The van der Waals surface area contributed by atoms with E-state index in [0.29, 0.717) is 31.0 Å². The zero-order valence-electron chi connectivity index (χ0n) is 16.0. The monoisotopic (exact) mass is 360 g/mol. The fourth-order valence-corrected chi connectivity index (χ4v) is 3.21. The lowest BCUT2D eigenvalue weighted by atomic mass is 9.95. The first kappa shape index (κ1) is 20.4. The molecule has 1 aromatic rings. The minimum atomic E-state index is -0.686. The van der Waals surface area contributed by atoms with Gasteiger partial charge in [-0.25, -0.2) is 0 Å². The number of rotatable bonds is 8. The van der Waals surface area contributed by atoms with Gasteiger partial charge in [-0.3, -0.25) is 9.59 Å². The van der Waals surface area contributed by atoms with E-state index < -0.39 is 5.60 Å².